The van der Waals surface area contributed by atoms with Crippen molar-refractivity contribution in [2.75, 3.05) is 12.4 Å². The van der Waals surface area contributed by atoms with Crippen LogP contribution in [0.4, 0.5) is 5.13 Å². The molecule has 5 aromatic rings. The number of carbonyl (C=O) groups is 1. The molecule has 3 heterocycles. The Morgan fingerprint density at radius 1 is 1.15 bits per heavy atom. The molecule has 1 amide bonds. The molecule has 0 aliphatic rings. The number of rotatable bonds is 6. The lowest BCUT2D eigenvalue weighted by Gasteiger charge is -2.11. The van der Waals surface area contributed by atoms with Gasteiger partial charge in [0.1, 0.15) is 11.4 Å². The zero-order valence-corrected chi connectivity index (χ0v) is 19.4. The van der Waals surface area contributed by atoms with Crippen LogP contribution in [-0.2, 0) is 6.54 Å². The molecule has 0 fully saturated rings. The summed E-state index contributed by atoms with van der Waals surface area (Å²) in [5.74, 6) is 0.517. The van der Waals surface area contributed by atoms with Crippen molar-refractivity contribution < 1.29 is 13.9 Å². The Labute approximate surface area is 195 Å². The molecule has 166 valence electrons. The minimum absolute atomic E-state index is 0.230. The topological polar surface area (TPSA) is 69.3 Å². The van der Waals surface area contributed by atoms with Crippen molar-refractivity contribution in [3.05, 3.63) is 88.6 Å². The first-order valence-electron chi connectivity index (χ1n) is 10.6. The molecular weight excluding hydrogens is 434 g/mol. The Balaban J connectivity index is 1.45. The molecule has 0 saturated carbocycles. The summed E-state index contributed by atoms with van der Waals surface area (Å²) in [5, 5.41) is 5.41. The van der Waals surface area contributed by atoms with E-state index in [1.54, 1.807) is 19.4 Å². The summed E-state index contributed by atoms with van der Waals surface area (Å²) in [6, 6.07) is 17.8. The molecule has 5 rings (SSSR count). The summed E-state index contributed by atoms with van der Waals surface area (Å²) in [6.45, 7) is 4.67. The maximum absolute atomic E-state index is 13.3. The third-order valence-corrected chi connectivity index (χ3v) is 6.46. The van der Waals surface area contributed by atoms with Gasteiger partial charge in [-0.3, -0.25) is 10.1 Å². The normalized spacial score (nSPS) is 11.1. The molecule has 0 aliphatic heterocycles. The fraction of sp³-hybridized carbons (Fsp3) is 0.154. The van der Waals surface area contributed by atoms with Crippen LogP contribution in [0.1, 0.15) is 27.2 Å². The fourth-order valence-electron chi connectivity index (χ4n) is 3.93. The van der Waals surface area contributed by atoms with Crippen LogP contribution < -0.4 is 10.1 Å². The number of methoxy groups -OCH3 is 1. The van der Waals surface area contributed by atoms with Crippen LogP contribution in [-0.4, -0.2) is 22.6 Å². The van der Waals surface area contributed by atoms with Gasteiger partial charge in [0.15, 0.2) is 10.7 Å². The highest BCUT2D eigenvalue weighted by Crippen LogP contribution is 2.33. The fourth-order valence-corrected chi connectivity index (χ4v) is 4.64. The number of hydrogen-bond acceptors (Lipinski definition) is 5. The van der Waals surface area contributed by atoms with Crippen LogP contribution in [0.2, 0.25) is 0 Å². The van der Waals surface area contributed by atoms with Crippen molar-refractivity contribution in [2.45, 2.75) is 20.4 Å². The number of furan rings is 1. The molecule has 33 heavy (non-hydrogen) atoms. The highest BCUT2D eigenvalue weighted by Gasteiger charge is 2.20. The van der Waals surface area contributed by atoms with Gasteiger partial charge in [-0.05, 0) is 37.1 Å². The zero-order valence-electron chi connectivity index (χ0n) is 18.6. The van der Waals surface area contributed by atoms with Gasteiger partial charge in [-0.2, -0.15) is 0 Å². The van der Waals surface area contributed by atoms with Crippen molar-refractivity contribution in [2.24, 2.45) is 0 Å². The van der Waals surface area contributed by atoms with Gasteiger partial charge in [0.2, 0.25) is 0 Å². The summed E-state index contributed by atoms with van der Waals surface area (Å²) in [5.41, 5.74) is 7.18. The van der Waals surface area contributed by atoms with Crippen molar-refractivity contribution in [3.63, 3.8) is 0 Å². The summed E-state index contributed by atoms with van der Waals surface area (Å²) in [4.78, 5) is 17.9. The van der Waals surface area contributed by atoms with Gasteiger partial charge in [-0.15, -0.1) is 11.3 Å². The summed E-state index contributed by atoms with van der Waals surface area (Å²) in [7, 11) is 1.64. The summed E-state index contributed by atoms with van der Waals surface area (Å²) >= 11 is 1.38. The molecule has 0 saturated heterocycles. The SMILES string of the molecule is COc1ccc(C)cc1-c1csc(NC(=O)c2cc3occc3n2Cc2ccccc2C)n1. The number of benzene rings is 2. The number of fused-ring (bicyclic) bond motifs is 1. The maximum Gasteiger partial charge on any atom is 0.274 e. The van der Waals surface area contributed by atoms with Crippen molar-refractivity contribution >= 4 is 33.5 Å². The lowest BCUT2D eigenvalue weighted by atomic mass is 10.1. The maximum atomic E-state index is 13.3. The number of nitrogens with zero attached hydrogens (tertiary/aromatic N) is 2. The van der Waals surface area contributed by atoms with Crippen molar-refractivity contribution in [1.29, 1.82) is 0 Å². The van der Waals surface area contributed by atoms with Gasteiger partial charge in [-0.1, -0.05) is 35.9 Å². The Bertz CT molecular complexity index is 1460. The van der Waals surface area contributed by atoms with E-state index in [0.29, 0.717) is 23.0 Å². The van der Waals surface area contributed by atoms with E-state index in [1.165, 1.54) is 16.9 Å². The van der Waals surface area contributed by atoms with Crippen molar-refractivity contribution in [1.82, 2.24) is 9.55 Å². The monoisotopic (exact) mass is 457 g/mol. The van der Waals surface area contributed by atoms with Crippen molar-refractivity contribution in [3.8, 4) is 17.0 Å². The van der Waals surface area contributed by atoms with Crippen LogP contribution in [0.15, 0.2) is 70.7 Å². The number of aromatic nitrogens is 2. The Morgan fingerprint density at radius 3 is 2.82 bits per heavy atom. The number of anilines is 1. The number of hydrogen-bond donors (Lipinski definition) is 1. The van der Waals surface area contributed by atoms with Crippen LogP contribution in [0.3, 0.4) is 0 Å². The highest BCUT2D eigenvalue weighted by molar-refractivity contribution is 7.14. The van der Waals surface area contributed by atoms with E-state index in [9.17, 15) is 4.79 Å². The Morgan fingerprint density at radius 2 is 2.00 bits per heavy atom. The second-order valence-electron chi connectivity index (χ2n) is 7.91. The Hall–Kier alpha value is -3.84. The molecule has 6 nitrogen and oxygen atoms in total. The number of nitrogens with one attached hydrogen (secondary N) is 1. The minimum atomic E-state index is -0.230. The van der Waals surface area contributed by atoms with Crippen LogP contribution in [0.5, 0.6) is 5.75 Å². The lowest BCUT2D eigenvalue weighted by Crippen LogP contribution is -2.17. The van der Waals surface area contributed by atoms with E-state index in [2.05, 4.69) is 29.4 Å². The van der Waals surface area contributed by atoms with Gasteiger partial charge in [0, 0.05) is 29.6 Å². The smallest absolute Gasteiger partial charge is 0.274 e. The molecule has 2 aromatic carbocycles. The highest BCUT2D eigenvalue weighted by atomic mass is 32.1. The quantitative estimate of drug-likeness (QED) is 0.326. The number of amides is 1. The van der Waals surface area contributed by atoms with Crippen LogP contribution in [0, 0.1) is 13.8 Å². The molecule has 0 unspecified atom stereocenters. The molecule has 0 spiro atoms. The predicted octanol–water partition coefficient (Wildman–Crippen LogP) is 6.28. The largest absolute Gasteiger partial charge is 0.496 e. The van der Waals surface area contributed by atoms with Crippen LogP contribution >= 0.6 is 11.3 Å². The lowest BCUT2D eigenvalue weighted by molar-refractivity contribution is 0.101. The first kappa shape index (κ1) is 21.0. The Kier molecular flexibility index (Phi) is 5.48. The number of aryl methyl sites for hydroxylation is 2. The number of thiazole rings is 1. The first-order chi connectivity index (χ1) is 16.0. The average Bonchev–Trinajstić information content (AvgIpc) is 3.53. The minimum Gasteiger partial charge on any atom is -0.496 e. The van der Waals surface area contributed by atoms with E-state index in [4.69, 9.17) is 9.15 Å². The second-order valence-corrected chi connectivity index (χ2v) is 8.77. The average molecular weight is 458 g/mol. The van der Waals surface area contributed by atoms with Gasteiger partial charge in [-0.25, -0.2) is 4.98 Å². The molecule has 0 atom stereocenters. The number of ether oxygens (including phenoxy) is 1. The standard InChI is InChI=1S/C26H23N3O3S/c1-16-8-9-23(31-3)19(12-16)20-15-33-26(27-20)28-25(30)22-13-24-21(10-11-32-24)29(22)14-18-7-5-4-6-17(18)2/h4-13,15H,14H2,1-3H3,(H,27,28,30). The molecule has 0 aliphatic carbocycles. The predicted molar refractivity (Wildman–Crippen MR) is 131 cm³/mol. The third kappa shape index (κ3) is 4.03. The third-order valence-electron chi connectivity index (χ3n) is 5.70. The van der Waals surface area contributed by atoms with E-state index < -0.39 is 0 Å². The van der Waals surface area contributed by atoms with Gasteiger partial charge in [0.05, 0.1) is 24.6 Å². The van der Waals surface area contributed by atoms with Gasteiger partial charge in [0.25, 0.3) is 5.91 Å². The molecule has 7 heteroatoms. The van der Waals surface area contributed by atoms with E-state index in [-0.39, 0.29) is 5.91 Å². The number of carbonyl (C=O) groups excluding carboxylic acids is 1. The van der Waals surface area contributed by atoms with Crippen LogP contribution in [0.25, 0.3) is 22.4 Å². The first-order valence-corrected chi connectivity index (χ1v) is 11.4. The second kappa shape index (κ2) is 8.60. The summed E-state index contributed by atoms with van der Waals surface area (Å²) in [6.07, 6.45) is 1.64. The van der Waals surface area contributed by atoms with Gasteiger partial charge >= 0.3 is 0 Å². The van der Waals surface area contributed by atoms with E-state index in [1.807, 2.05) is 53.3 Å². The molecule has 0 bridgehead atoms. The van der Waals surface area contributed by atoms with E-state index in [0.717, 1.165) is 33.7 Å². The van der Waals surface area contributed by atoms with Gasteiger partial charge < -0.3 is 13.7 Å². The van der Waals surface area contributed by atoms with E-state index >= 15 is 0 Å². The molecule has 0 radical (unpaired) electrons. The molecule has 1 N–H and O–H groups in total. The molecule has 3 aromatic heterocycles. The molecular formula is C26H23N3O3S. The zero-order chi connectivity index (χ0) is 22.9. The summed E-state index contributed by atoms with van der Waals surface area (Å²) < 4.78 is 13.0.